The van der Waals surface area contributed by atoms with Crippen LogP contribution in [0.5, 0.6) is 0 Å². The van der Waals surface area contributed by atoms with Crippen LogP contribution in [0.4, 0.5) is 0 Å². The Morgan fingerprint density at radius 2 is 1.68 bits per heavy atom. The molecule has 2 aromatic carbocycles. The fourth-order valence-electron chi connectivity index (χ4n) is 2.17. The van der Waals surface area contributed by atoms with Gasteiger partial charge in [0.1, 0.15) is 0 Å². The van der Waals surface area contributed by atoms with E-state index in [-0.39, 0.29) is 0 Å². The van der Waals surface area contributed by atoms with Crippen LogP contribution in [0.25, 0.3) is 16.8 Å². The van der Waals surface area contributed by atoms with Crippen molar-refractivity contribution < 1.29 is 14.6 Å². The molecule has 3 rings (SSSR count). The van der Waals surface area contributed by atoms with Gasteiger partial charge in [-0.1, -0.05) is 42.5 Å². The van der Waals surface area contributed by atoms with Crippen molar-refractivity contribution in [3.63, 3.8) is 0 Å². The summed E-state index contributed by atoms with van der Waals surface area (Å²) in [7, 11) is -0.812. The molecule has 0 spiro atoms. The van der Waals surface area contributed by atoms with Crippen molar-refractivity contribution in [1.82, 2.24) is 0 Å². The molecule has 3 nitrogen and oxygen atoms in total. The van der Waals surface area contributed by atoms with E-state index in [2.05, 4.69) is 53.1 Å². The smallest absolute Gasteiger partial charge is 0.421 e. The number of rotatable bonds is 2. The van der Waals surface area contributed by atoms with E-state index in [4.69, 9.17) is 10.0 Å². The molecule has 0 saturated heterocycles. The number of allylic oxidation sites excluding steroid dienone is 1. The lowest BCUT2D eigenvalue weighted by Gasteiger charge is -2.11. The molecule has 1 aliphatic rings. The Labute approximate surface area is 114 Å². The molecule has 0 atom stereocenters. The average Bonchev–Trinajstić information content (AvgIpc) is 2.46. The third-order valence-electron chi connectivity index (χ3n) is 3.07. The lowest BCUT2D eigenvalue weighted by Crippen LogP contribution is -2.00. The van der Waals surface area contributed by atoms with Crippen molar-refractivity contribution in [2.75, 3.05) is 0 Å². The highest BCUT2D eigenvalue weighted by Gasteiger charge is 2.05. The maximum Gasteiger partial charge on any atom is 0.421 e. The zero-order valence-electron chi connectivity index (χ0n) is 10.7. The molecule has 0 aliphatic heterocycles. The minimum Gasteiger partial charge on any atom is -0.457 e. The predicted molar refractivity (Wildman–Crippen MR) is 81.1 cm³/mol. The topological polar surface area (TPSA) is 49.7 Å². The molecule has 2 N–H and O–H groups in total. The molecule has 2 aromatic rings. The molecule has 5 heteroatoms. The minimum atomic E-state index is -0.406. The minimum absolute atomic E-state index is 0.406. The Bertz CT molecular complexity index is 568. The van der Waals surface area contributed by atoms with E-state index in [0.29, 0.717) is 0 Å². The first-order chi connectivity index (χ1) is 9.35. The van der Waals surface area contributed by atoms with Crippen LogP contribution in [0, 0.1) is 0 Å². The molecular weight excluding hydrogens is 238 g/mol. The molecule has 0 heterocycles. The third-order valence-corrected chi connectivity index (χ3v) is 3.07. The van der Waals surface area contributed by atoms with E-state index in [9.17, 15) is 0 Å². The molecule has 0 unspecified atom stereocenters. The summed E-state index contributed by atoms with van der Waals surface area (Å²) in [6.45, 7) is 0. The highest BCUT2D eigenvalue weighted by molar-refractivity contribution is 6.32. The number of aryl methyl sites for hydroxylation is 1. The Morgan fingerprint density at radius 3 is 2.32 bits per heavy atom. The molecule has 0 radical (unpaired) electrons. The van der Waals surface area contributed by atoms with Gasteiger partial charge in [0, 0.05) is 0 Å². The summed E-state index contributed by atoms with van der Waals surface area (Å²) in [5, 5.41) is 18.1. The van der Waals surface area contributed by atoms with Gasteiger partial charge in [-0.2, -0.15) is 0 Å². The van der Waals surface area contributed by atoms with Gasteiger partial charge in [0.15, 0.2) is 0 Å². The Hall–Kier alpha value is -1.55. The fourth-order valence-corrected chi connectivity index (χ4v) is 2.17. The third kappa shape index (κ3) is 3.70. The van der Waals surface area contributed by atoms with Gasteiger partial charge in [-0.05, 0) is 40.8 Å². The van der Waals surface area contributed by atoms with E-state index in [1.807, 2.05) is 0 Å². The first-order valence-corrected chi connectivity index (χ1v) is 6.33. The zero-order valence-corrected chi connectivity index (χ0v) is 10.7. The molecule has 0 saturated carbocycles. The lowest BCUT2D eigenvalue weighted by molar-refractivity contribution is 0.408. The monoisotopic (exact) mass is 254 g/mol. The average molecular weight is 254 g/mol. The van der Waals surface area contributed by atoms with Crippen LogP contribution >= 0.6 is 0 Å². The van der Waals surface area contributed by atoms with Crippen molar-refractivity contribution >= 4 is 32.2 Å². The van der Waals surface area contributed by atoms with E-state index >= 15 is 0 Å². The molecule has 0 aromatic heterocycles. The Kier molecular flexibility index (Phi) is 5.21. The van der Waals surface area contributed by atoms with Crippen molar-refractivity contribution in [3.05, 3.63) is 53.6 Å². The van der Waals surface area contributed by atoms with Crippen LogP contribution in [-0.4, -0.2) is 25.4 Å². The van der Waals surface area contributed by atoms with E-state index in [1.165, 1.54) is 34.7 Å². The summed E-state index contributed by atoms with van der Waals surface area (Å²) < 4.78 is 3.94. The zero-order chi connectivity index (χ0) is 13.5. The van der Waals surface area contributed by atoms with Gasteiger partial charge in [-0.15, -0.1) is 0 Å². The number of benzene rings is 2. The molecular formula is C14H16B2O3. The highest BCUT2D eigenvalue weighted by atomic mass is 16.5. The van der Waals surface area contributed by atoms with Crippen molar-refractivity contribution in [2.45, 2.75) is 12.8 Å². The van der Waals surface area contributed by atoms with Crippen LogP contribution in [0.15, 0.2) is 42.5 Å². The second kappa shape index (κ2) is 7.14. The van der Waals surface area contributed by atoms with Crippen molar-refractivity contribution in [1.29, 1.82) is 0 Å². The summed E-state index contributed by atoms with van der Waals surface area (Å²) in [6.07, 6.45) is 6.88. The predicted octanol–water partition coefficient (Wildman–Crippen LogP) is 1.32. The maximum absolute atomic E-state index is 7.68. The van der Waals surface area contributed by atoms with E-state index in [0.717, 1.165) is 0 Å². The van der Waals surface area contributed by atoms with Gasteiger partial charge in [0.25, 0.3) is 0 Å². The van der Waals surface area contributed by atoms with Gasteiger partial charge in [-0.3, -0.25) is 0 Å². The largest absolute Gasteiger partial charge is 0.457 e. The SMILES string of the molecule is C1=Cc2cc3ccccc3cc2CC1.OBOBO. The Morgan fingerprint density at radius 1 is 1.00 bits per heavy atom. The first kappa shape index (κ1) is 13.9. The maximum atomic E-state index is 7.68. The summed E-state index contributed by atoms with van der Waals surface area (Å²) in [6, 6.07) is 13.2. The standard InChI is InChI=1S/C14H12.B2H4O3/c1-2-6-12-10-14-8-4-3-7-13(14)9-11(12)5-1;3-1-5-2-4/h1-3,5-7,9-10H,4,8H2;1-4H. The van der Waals surface area contributed by atoms with E-state index < -0.39 is 15.4 Å². The first-order valence-electron chi connectivity index (χ1n) is 6.33. The van der Waals surface area contributed by atoms with Crippen LogP contribution in [0.1, 0.15) is 17.5 Å². The van der Waals surface area contributed by atoms with Gasteiger partial charge < -0.3 is 14.6 Å². The second-order valence-corrected chi connectivity index (χ2v) is 4.30. The lowest BCUT2D eigenvalue weighted by atomic mass is 9.94. The van der Waals surface area contributed by atoms with Gasteiger partial charge in [-0.25, -0.2) is 0 Å². The number of hydrogen-bond acceptors (Lipinski definition) is 3. The summed E-state index contributed by atoms with van der Waals surface area (Å²) in [4.78, 5) is 0. The molecule has 0 amide bonds. The van der Waals surface area contributed by atoms with Gasteiger partial charge >= 0.3 is 15.4 Å². The second-order valence-electron chi connectivity index (χ2n) is 4.30. The quantitative estimate of drug-likeness (QED) is 0.794. The number of hydrogen-bond donors (Lipinski definition) is 2. The Balaban J connectivity index is 0.000000232. The molecule has 96 valence electrons. The van der Waals surface area contributed by atoms with Crippen molar-refractivity contribution in [2.24, 2.45) is 0 Å². The summed E-state index contributed by atoms with van der Waals surface area (Å²) >= 11 is 0. The van der Waals surface area contributed by atoms with Crippen LogP contribution in [-0.2, 0) is 11.0 Å². The van der Waals surface area contributed by atoms with Gasteiger partial charge in [0.05, 0.1) is 0 Å². The highest BCUT2D eigenvalue weighted by Crippen LogP contribution is 2.25. The molecule has 0 bridgehead atoms. The van der Waals surface area contributed by atoms with Gasteiger partial charge in [0.2, 0.25) is 0 Å². The molecule has 1 aliphatic carbocycles. The number of fused-ring (bicyclic) bond motifs is 2. The van der Waals surface area contributed by atoms with Crippen LogP contribution in [0.2, 0.25) is 0 Å². The van der Waals surface area contributed by atoms with Crippen LogP contribution < -0.4 is 0 Å². The van der Waals surface area contributed by atoms with Crippen molar-refractivity contribution in [3.8, 4) is 0 Å². The normalized spacial score (nSPS) is 12.3. The fraction of sp³-hybridized carbons (Fsp3) is 0.143. The van der Waals surface area contributed by atoms with E-state index in [1.54, 1.807) is 0 Å². The van der Waals surface area contributed by atoms with Crippen LogP contribution in [0.3, 0.4) is 0 Å². The summed E-state index contributed by atoms with van der Waals surface area (Å²) in [5.41, 5.74) is 2.89. The summed E-state index contributed by atoms with van der Waals surface area (Å²) in [5.74, 6) is 0. The molecule has 19 heavy (non-hydrogen) atoms. The molecule has 0 fully saturated rings.